The number of rotatable bonds is 2. The van der Waals surface area contributed by atoms with Crippen LogP contribution in [0.25, 0.3) is 10.8 Å². The topological polar surface area (TPSA) is 22.1 Å². The average molecular weight is 197 g/mol. The van der Waals surface area contributed by atoms with Gasteiger partial charge in [-0.05, 0) is 30.9 Å². The van der Waals surface area contributed by atoms with E-state index in [9.17, 15) is 0 Å². The lowest BCUT2D eigenvalue weighted by Crippen LogP contribution is -2.06. The maximum atomic E-state index is 5.94. The van der Waals surface area contributed by atoms with Crippen molar-refractivity contribution in [3.63, 3.8) is 0 Å². The van der Waals surface area contributed by atoms with E-state index in [4.69, 9.17) is 12.6 Å². The Morgan fingerprint density at radius 2 is 2.20 bits per heavy atom. The standard InChI is InChI=1S/C12H12BNO/c1-3-15-12-9-5-4-6-10(13)11(9)8(2)7-14-12/h4-7H,3H2,1-2H3. The smallest absolute Gasteiger partial charge is 0.221 e. The Labute approximate surface area is 90.7 Å². The first-order valence-corrected chi connectivity index (χ1v) is 5.00. The van der Waals surface area contributed by atoms with Crippen LogP contribution in [0, 0.1) is 6.92 Å². The van der Waals surface area contributed by atoms with Crippen LogP contribution in [-0.4, -0.2) is 19.4 Å². The van der Waals surface area contributed by atoms with Gasteiger partial charge in [-0.25, -0.2) is 4.98 Å². The van der Waals surface area contributed by atoms with Crippen LogP contribution in [0.4, 0.5) is 0 Å². The minimum Gasteiger partial charge on any atom is -0.478 e. The lowest BCUT2D eigenvalue weighted by molar-refractivity contribution is 0.331. The van der Waals surface area contributed by atoms with Gasteiger partial charge in [0, 0.05) is 11.6 Å². The van der Waals surface area contributed by atoms with Gasteiger partial charge in [0.05, 0.1) is 6.61 Å². The molecule has 1 aromatic heterocycles. The van der Waals surface area contributed by atoms with Gasteiger partial charge >= 0.3 is 0 Å². The van der Waals surface area contributed by atoms with Crippen LogP contribution >= 0.6 is 0 Å². The lowest BCUT2D eigenvalue weighted by atomic mass is 9.89. The van der Waals surface area contributed by atoms with Crippen molar-refractivity contribution in [1.82, 2.24) is 4.98 Å². The van der Waals surface area contributed by atoms with Gasteiger partial charge in [0.2, 0.25) is 5.88 Å². The van der Waals surface area contributed by atoms with Crippen LogP contribution in [0.15, 0.2) is 24.4 Å². The van der Waals surface area contributed by atoms with Crippen molar-refractivity contribution in [2.45, 2.75) is 13.8 Å². The van der Waals surface area contributed by atoms with E-state index < -0.39 is 0 Å². The Kier molecular flexibility index (Phi) is 2.63. The van der Waals surface area contributed by atoms with Crippen LogP contribution in [0.1, 0.15) is 12.5 Å². The maximum absolute atomic E-state index is 5.94. The van der Waals surface area contributed by atoms with Gasteiger partial charge < -0.3 is 4.74 Å². The molecule has 0 spiro atoms. The number of ether oxygens (including phenoxy) is 1. The Morgan fingerprint density at radius 3 is 2.93 bits per heavy atom. The molecule has 0 unspecified atom stereocenters. The van der Waals surface area contributed by atoms with Gasteiger partial charge in [0.1, 0.15) is 7.85 Å². The molecule has 15 heavy (non-hydrogen) atoms. The third-order valence-electron chi connectivity index (χ3n) is 2.38. The summed E-state index contributed by atoms with van der Waals surface area (Å²) in [6.45, 7) is 4.56. The van der Waals surface area contributed by atoms with E-state index in [-0.39, 0.29) is 0 Å². The highest BCUT2D eigenvalue weighted by Crippen LogP contribution is 2.23. The normalized spacial score (nSPS) is 10.5. The predicted molar refractivity (Wildman–Crippen MR) is 63.0 cm³/mol. The Hall–Kier alpha value is -1.51. The molecular formula is C12H12BNO. The van der Waals surface area contributed by atoms with Gasteiger partial charge in [0.15, 0.2) is 0 Å². The Morgan fingerprint density at radius 1 is 1.40 bits per heavy atom. The summed E-state index contributed by atoms with van der Waals surface area (Å²) < 4.78 is 5.46. The summed E-state index contributed by atoms with van der Waals surface area (Å²) >= 11 is 0. The fourth-order valence-corrected chi connectivity index (χ4v) is 1.73. The molecule has 0 aliphatic carbocycles. The van der Waals surface area contributed by atoms with Crippen molar-refractivity contribution in [1.29, 1.82) is 0 Å². The minimum absolute atomic E-state index is 0.611. The summed E-state index contributed by atoms with van der Waals surface area (Å²) in [5, 5.41) is 2.02. The molecular weight excluding hydrogens is 185 g/mol. The maximum Gasteiger partial charge on any atom is 0.221 e. The second-order valence-electron chi connectivity index (χ2n) is 3.45. The molecule has 0 fully saturated rings. The number of aryl methyl sites for hydroxylation is 1. The van der Waals surface area contributed by atoms with Gasteiger partial charge in [-0.1, -0.05) is 17.6 Å². The van der Waals surface area contributed by atoms with E-state index in [1.807, 2.05) is 32.0 Å². The van der Waals surface area contributed by atoms with E-state index in [2.05, 4.69) is 4.98 Å². The fraction of sp³-hybridized carbons (Fsp3) is 0.250. The Bertz CT molecular complexity index is 488. The summed E-state index contributed by atoms with van der Waals surface area (Å²) in [6, 6.07) is 5.79. The minimum atomic E-state index is 0.611. The second kappa shape index (κ2) is 3.93. The number of pyridine rings is 1. The zero-order chi connectivity index (χ0) is 10.8. The molecule has 2 rings (SSSR count). The first-order chi connectivity index (χ1) is 7.24. The molecule has 3 heteroatoms. The molecule has 0 N–H and O–H groups in total. The molecule has 1 aromatic carbocycles. The molecule has 0 aliphatic rings. The average Bonchev–Trinajstić information content (AvgIpc) is 2.22. The Balaban J connectivity index is 2.76. The highest BCUT2D eigenvalue weighted by atomic mass is 16.5. The summed E-state index contributed by atoms with van der Waals surface area (Å²) in [7, 11) is 5.94. The molecule has 74 valence electrons. The number of hydrogen-bond acceptors (Lipinski definition) is 2. The molecule has 0 aliphatic heterocycles. The molecule has 0 amide bonds. The van der Waals surface area contributed by atoms with Crippen LogP contribution in [0.5, 0.6) is 5.88 Å². The molecule has 0 atom stereocenters. The number of fused-ring (bicyclic) bond motifs is 1. The van der Waals surface area contributed by atoms with Crippen molar-refractivity contribution in [3.8, 4) is 5.88 Å². The quantitative estimate of drug-likeness (QED) is 0.684. The van der Waals surface area contributed by atoms with Crippen molar-refractivity contribution in [2.24, 2.45) is 0 Å². The van der Waals surface area contributed by atoms with E-state index in [0.29, 0.717) is 12.5 Å². The van der Waals surface area contributed by atoms with Gasteiger partial charge in [-0.2, -0.15) is 0 Å². The van der Waals surface area contributed by atoms with Gasteiger partial charge in [-0.3, -0.25) is 0 Å². The lowest BCUT2D eigenvalue weighted by Gasteiger charge is -2.10. The van der Waals surface area contributed by atoms with Crippen LogP contribution in [0.3, 0.4) is 0 Å². The number of hydrogen-bond donors (Lipinski definition) is 0. The van der Waals surface area contributed by atoms with Crippen LogP contribution < -0.4 is 10.2 Å². The van der Waals surface area contributed by atoms with Crippen LogP contribution in [0.2, 0.25) is 0 Å². The molecule has 0 bridgehead atoms. The SMILES string of the molecule is [B]c1cccc2c(OCC)ncc(C)c12. The van der Waals surface area contributed by atoms with Crippen LogP contribution in [-0.2, 0) is 0 Å². The molecule has 0 saturated carbocycles. The number of nitrogens with zero attached hydrogens (tertiary/aromatic N) is 1. The highest BCUT2D eigenvalue weighted by Gasteiger charge is 2.06. The zero-order valence-electron chi connectivity index (χ0n) is 8.95. The first kappa shape index (κ1) is 10.0. The third kappa shape index (κ3) is 1.69. The zero-order valence-corrected chi connectivity index (χ0v) is 8.95. The summed E-state index contributed by atoms with van der Waals surface area (Å²) in [5.74, 6) is 0.658. The molecule has 2 nitrogen and oxygen atoms in total. The summed E-state index contributed by atoms with van der Waals surface area (Å²) in [5.41, 5.74) is 1.85. The third-order valence-corrected chi connectivity index (χ3v) is 2.38. The highest BCUT2D eigenvalue weighted by molar-refractivity contribution is 6.39. The second-order valence-corrected chi connectivity index (χ2v) is 3.45. The number of benzene rings is 1. The first-order valence-electron chi connectivity index (χ1n) is 5.00. The summed E-state index contributed by atoms with van der Waals surface area (Å²) in [4.78, 5) is 4.26. The largest absolute Gasteiger partial charge is 0.478 e. The summed E-state index contributed by atoms with van der Waals surface area (Å²) in [6.07, 6.45) is 1.80. The van der Waals surface area contributed by atoms with Crippen molar-refractivity contribution >= 4 is 24.1 Å². The molecule has 2 radical (unpaired) electrons. The van der Waals surface area contributed by atoms with Crippen molar-refractivity contribution in [3.05, 3.63) is 30.0 Å². The van der Waals surface area contributed by atoms with E-state index in [1.54, 1.807) is 6.20 Å². The fourth-order valence-electron chi connectivity index (χ4n) is 1.73. The van der Waals surface area contributed by atoms with Gasteiger partial charge in [-0.15, -0.1) is 0 Å². The molecule has 0 saturated heterocycles. The van der Waals surface area contributed by atoms with E-state index >= 15 is 0 Å². The predicted octanol–water partition coefficient (Wildman–Crippen LogP) is 1.74. The van der Waals surface area contributed by atoms with E-state index in [1.165, 1.54) is 0 Å². The number of aromatic nitrogens is 1. The van der Waals surface area contributed by atoms with Crippen molar-refractivity contribution in [2.75, 3.05) is 6.61 Å². The molecule has 1 heterocycles. The van der Waals surface area contributed by atoms with Crippen molar-refractivity contribution < 1.29 is 4.74 Å². The van der Waals surface area contributed by atoms with E-state index in [0.717, 1.165) is 21.8 Å². The monoisotopic (exact) mass is 197 g/mol. The molecule has 2 aromatic rings. The van der Waals surface area contributed by atoms with Gasteiger partial charge in [0.25, 0.3) is 0 Å².